The van der Waals surface area contributed by atoms with Gasteiger partial charge in [0.05, 0.1) is 0 Å². The molecule has 1 unspecified atom stereocenters. The summed E-state index contributed by atoms with van der Waals surface area (Å²) in [5.74, 6) is -0.891. The van der Waals surface area contributed by atoms with Gasteiger partial charge >= 0.3 is 17.9 Å². The second-order valence-electron chi connectivity index (χ2n) is 17.1. The maximum absolute atomic E-state index is 12.7. The van der Waals surface area contributed by atoms with Crippen LogP contribution < -0.4 is 0 Å². The first-order valence-corrected chi connectivity index (χ1v) is 25.6. The van der Waals surface area contributed by atoms with E-state index in [4.69, 9.17) is 14.2 Å². The number of carbonyl (C=O) groups is 3. The lowest BCUT2D eigenvalue weighted by atomic mass is 10.0. The summed E-state index contributed by atoms with van der Waals surface area (Å²) in [5, 5.41) is 0. The monoisotopic (exact) mass is 841 g/mol. The van der Waals surface area contributed by atoms with Crippen LogP contribution in [0.15, 0.2) is 48.6 Å². The topological polar surface area (TPSA) is 78.9 Å². The van der Waals surface area contributed by atoms with Gasteiger partial charge < -0.3 is 14.2 Å². The minimum atomic E-state index is -0.772. The average molecular weight is 841 g/mol. The molecule has 6 nitrogen and oxygen atoms in total. The Bertz CT molecular complexity index is 1060. The number of rotatable bonds is 46. The second-order valence-corrected chi connectivity index (χ2v) is 17.1. The van der Waals surface area contributed by atoms with E-state index in [1.54, 1.807) is 0 Å². The summed E-state index contributed by atoms with van der Waals surface area (Å²) in [7, 11) is 0. The average Bonchev–Trinajstić information content (AvgIpc) is 3.24. The third kappa shape index (κ3) is 46.4. The predicted octanol–water partition coefficient (Wildman–Crippen LogP) is 16.7. The van der Waals surface area contributed by atoms with Gasteiger partial charge in [0.25, 0.3) is 0 Å². The van der Waals surface area contributed by atoms with Crippen molar-refractivity contribution in [3.8, 4) is 0 Å². The Morgan fingerprint density at radius 2 is 0.650 bits per heavy atom. The molecular weight excluding hydrogens is 745 g/mol. The van der Waals surface area contributed by atoms with Crippen LogP contribution >= 0.6 is 0 Å². The van der Waals surface area contributed by atoms with Crippen molar-refractivity contribution in [2.45, 2.75) is 264 Å². The molecule has 1 atom stereocenters. The van der Waals surface area contributed by atoms with Crippen molar-refractivity contribution in [1.82, 2.24) is 0 Å². The summed E-state index contributed by atoms with van der Waals surface area (Å²) in [4.78, 5) is 37.7. The molecule has 0 N–H and O–H groups in total. The summed E-state index contributed by atoms with van der Waals surface area (Å²) in [6.07, 6.45) is 58.3. The van der Waals surface area contributed by atoms with Gasteiger partial charge in [0.1, 0.15) is 13.2 Å². The standard InChI is InChI=1S/C54H96O6/c1-4-7-10-13-16-18-20-22-24-26-27-29-30-32-34-36-38-41-44-47-53(56)59-50-51(49-58-52(55)46-43-40-15-12-9-6-3)60-54(57)48-45-42-39-37-35-33-31-28-25-23-21-19-17-14-11-8-5-2/h7,10,16,18,22,24,27,29,51H,4-6,8-9,11-15,17,19-21,23,25-26,28,30-50H2,1-3H3/b10-7-,18-16-,24-22-,29-27-. The van der Waals surface area contributed by atoms with E-state index in [1.807, 2.05) is 0 Å². The number of allylic oxidation sites excluding steroid dienone is 8. The van der Waals surface area contributed by atoms with Crippen LogP contribution in [0.2, 0.25) is 0 Å². The van der Waals surface area contributed by atoms with Crippen molar-refractivity contribution in [2.24, 2.45) is 0 Å². The molecule has 0 aliphatic heterocycles. The van der Waals surface area contributed by atoms with Gasteiger partial charge in [0.15, 0.2) is 6.10 Å². The lowest BCUT2D eigenvalue weighted by Crippen LogP contribution is -2.30. The van der Waals surface area contributed by atoms with Gasteiger partial charge in [-0.15, -0.1) is 0 Å². The van der Waals surface area contributed by atoms with E-state index in [-0.39, 0.29) is 31.1 Å². The summed E-state index contributed by atoms with van der Waals surface area (Å²) >= 11 is 0. The molecular formula is C54H96O6. The van der Waals surface area contributed by atoms with Gasteiger partial charge in [-0.3, -0.25) is 14.4 Å². The third-order valence-corrected chi connectivity index (χ3v) is 11.1. The van der Waals surface area contributed by atoms with Crippen LogP contribution in [0.1, 0.15) is 258 Å². The van der Waals surface area contributed by atoms with Crippen LogP contribution in [0, 0.1) is 0 Å². The molecule has 0 fully saturated rings. The molecule has 0 aromatic heterocycles. The largest absolute Gasteiger partial charge is 0.462 e. The summed E-state index contributed by atoms with van der Waals surface area (Å²) < 4.78 is 16.7. The van der Waals surface area contributed by atoms with E-state index in [9.17, 15) is 14.4 Å². The molecule has 0 rings (SSSR count). The SMILES string of the molecule is CC/C=C\C/C=C\C/C=C\C/C=C\CCCCCCCCC(=O)OCC(COC(=O)CCCCCCCC)OC(=O)CCCCCCCCCCCCCCCCCCC. The Labute approximate surface area is 371 Å². The van der Waals surface area contributed by atoms with Crippen molar-refractivity contribution in [1.29, 1.82) is 0 Å². The fraction of sp³-hybridized carbons (Fsp3) is 0.796. The minimum Gasteiger partial charge on any atom is -0.462 e. The molecule has 0 radical (unpaired) electrons. The van der Waals surface area contributed by atoms with Crippen molar-refractivity contribution in [2.75, 3.05) is 13.2 Å². The van der Waals surface area contributed by atoms with Gasteiger partial charge in [0.2, 0.25) is 0 Å². The first kappa shape index (κ1) is 57.4. The smallest absolute Gasteiger partial charge is 0.306 e. The number of unbranched alkanes of at least 4 members (excludes halogenated alkanes) is 27. The second kappa shape index (κ2) is 49.0. The van der Waals surface area contributed by atoms with E-state index < -0.39 is 6.10 Å². The molecule has 348 valence electrons. The Kier molecular flexibility index (Phi) is 46.9. The van der Waals surface area contributed by atoms with Gasteiger partial charge in [-0.2, -0.15) is 0 Å². The van der Waals surface area contributed by atoms with Crippen LogP contribution in [0.25, 0.3) is 0 Å². The van der Waals surface area contributed by atoms with Crippen LogP contribution in [-0.2, 0) is 28.6 Å². The van der Waals surface area contributed by atoms with E-state index in [1.165, 1.54) is 128 Å². The van der Waals surface area contributed by atoms with Crippen LogP contribution in [0.3, 0.4) is 0 Å². The number of hydrogen-bond donors (Lipinski definition) is 0. The van der Waals surface area contributed by atoms with Gasteiger partial charge in [-0.25, -0.2) is 0 Å². The molecule has 0 amide bonds. The Morgan fingerprint density at radius 1 is 0.350 bits per heavy atom. The number of esters is 3. The first-order chi connectivity index (χ1) is 29.5. The zero-order valence-electron chi connectivity index (χ0n) is 39.7. The van der Waals surface area contributed by atoms with Crippen molar-refractivity contribution in [3.63, 3.8) is 0 Å². The van der Waals surface area contributed by atoms with Gasteiger partial charge in [-0.1, -0.05) is 230 Å². The fourth-order valence-electron chi connectivity index (χ4n) is 7.26. The Balaban J connectivity index is 4.22. The van der Waals surface area contributed by atoms with Crippen LogP contribution in [0.4, 0.5) is 0 Å². The minimum absolute atomic E-state index is 0.0757. The molecule has 0 spiro atoms. The first-order valence-electron chi connectivity index (χ1n) is 25.6. The zero-order chi connectivity index (χ0) is 43.7. The van der Waals surface area contributed by atoms with Crippen LogP contribution in [0.5, 0.6) is 0 Å². The van der Waals surface area contributed by atoms with Crippen LogP contribution in [-0.4, -0.2) is 37.2 Å². The van der Waals surface area contributed by atoms with Gasteiger partial charge in [0, 0.05) is 19.3 Å². The Morgan fingerprint density at radius 3 is 1.02 bits per heavy atom. The lowest BCUT2D eigenvalue weighted by Gasteiger charge is -2.18. The molecule has 0 heterocycles. The molecule has 6 heteroatoms. The highest BCUT2D eigenvalue weighted by atomic mass is 16.6. The number of ether oxygens (including phenoxy) is 3. The number of hydrogen-bond acceptors (Lipinski definition) is 6. The zero-order valence-corrected chi connectivity index (χ0v) is 39.7. The highest BCUT2D eigenvalue weighted by Crippen LogP contribution is 2.16. The molecule has 0 aliphatic carbocycles. The molecule has 0 aliphatic rings. The number of carbonyl (C=O) groups excluding carboxylic acids is 3. The Hall–Kier alpha value is -2.63. The normalized spacial score (nSPS) is 12.4. The molecule has 0 saturated carbocycles. The highest BCUT2D eigenvalue weighted by molar-refractivity contribution is 5.71. The van der Waals surface area contributed by atoms with Crippen molar-refractivity contribution in [3.05, 3.63) is 48.6 Å². The maximum Gasteiger partial charge on any atom is 0.306 e. The fourth-order valence-corrected chi connectivity index (χ4v) is 7.26. The molecule has 0 aromatic carbocycles. The van der Waals surface area contributed by atoms with E-state index >= 15 is 0 Å². The lowest BCUT2D eigenvalue weighted by molar-refractivity contribution is -0.167. The quantitative estimate of drug-likeness (QED) is 0.0263. The van der Waals surface area contributed by atoms with E-state index in [0.717, 1.165) is 89.9 Å². The summed E-state index contributed by atoms with van der Waals surface area (Å²) in [6.45, 7) is 6.47. The van der Waals surface area contributed by atoms with E-state index in [0.29, 0.717) is 19.3 Å². The van der Waals surface area contributed by atoms with Crippen molar-refractivity contribution >= 4 is 17.9 Å². The predicted molar refractivity (Wildman–Crippen MR) is 256 cm³/mol. The third-order valence-electron chi connectivity index (χ3n) is 11.1. The molecule has 0 bridgehead atoms. The van der Waals surface area contributed by atoms with E-state index in [2.05, 4.69) is 69.4 Å². The summed E-state index contributed by atoms with van der Waals surface area (Å²) in [5.41, 5.74) is 0. The molecule has 60 heavy (non-hydrogen) atoms. The summed E-state index contributed by atoms with van der Waals surface area (Å²) in [6, 6.07) is 0. The van der Waals surface area contributed by atoms with Crippen molar-refractivity contribution < 1.29 is 28.6 Å². The van der Waals surface area contributed by atoms with Gasteiger partial charge in [-0.05, 0) is 57.8 Å². The highest BCUT2D eigenvalue weighted by Gasteiger charge is 2.19. The molecule has 0 aromatic rings. The molecule has 0 saturated heterocycles. The maximum atomic E-state index is 12.7.